The Morgan fingerprint density at radius 2 is 1.95 bits per heavy atom. The lowest BCUT2D eigenvalue weighted by Gasteiger charge is -2.20. The molecule has 1 aromatic heterocycles. The molecule has 5 nitrogen and oxygen atoms in total. The number of nitrogens with two attached hydrogens (primary N) is 1. The highest BCUT2D eigenvalue weighted by molar-refractivity contribution is 5.37. The molecule has 0 amide bonds. The third kappa shape index (κ3) is 2.72. The van der Waals surface area contributed by atoms with Gasteiger partial charge in [0.05, 0.1) is 19.3 Å². The first-order valence-corrected chi connectivity index (χ1v) is 6.23. The largest absolute Gasteiger partial charge is 0.493 e. The fourth-order valence-corrected chi connectivity index (χ4v) is 2.21. The second-order valence-electron chi connectivity index (χ2n) is 4.30. The summed E-state index contributed by atoms with van der Waals surface area (Å²) in [6, 6.07) is 0.132. The molecule has 1 atom stereocenters. The summed E-state index contributed by atoms with van der Waals surface area (Å²) < 4.78 is 47.6. The van der Waals surface area contributed by atoms with Gasteiger partial charge in [-0.3, -0.25) is 10.5 Å². The van der Waals surface area contributed by atoms with Crippen molar-refractivity contribution in [2.24, 2.45) is 5.84 Å². The van der Waals surface area contributed by atoms with Crippen molar-refractivity contribution in [2.75, 3.05) is 7.11 Å². The molecule has 0 bridgehead atoms. The first-order chi connectivity index (χ1) is 10.0. The molecular formula is C13H15F3N4O. The maximum atomic E-state index is 14.0. The van der Waals surface area contributed by atoms with Crippen LogP contribution in [0.1, 0.15) is 24.2 Å². The summed E-state index contributed by atoms with van der Waals surface area (Å²) in [6.45, 7) is 2.25. The third-order valence-corrected chi connectivity index (χ3v) is 3.14. The Morgan fingerprint density at radius 1 is 1.33 bits per heavy atom. The van der Waals surface area contributed by atoms with Crippen LogP contribution in [0.2, 0.25) is 0 Å². The van der Waals surface area contributed by atoms with Gasteiger partial charge < -0.3 is 4.74 Å². The summed E-state index contributed by atoms with van der Waals surface area (Å²) in [5, 5.41) is 4.05. The van der Waals surface area contributed by atoms with E-state index in [9.17, 15) is 13.2 Å². The third-order valence-electron chi connectivity index (χ3n) is 3.14. The lowest BCUT2D eigenvalue weighted by atomic mass is 10.0. The molecule has 0 fully saturated rings. The van der Waals surface area contributed by atoms with E-state index in [1.807, 2.05) is 0 Å². The fraction of sp³-hybridized carbons (Fsp3) is 0.308. The standard InChI is InChI=1S/C13H15F3N4O/c1-3-20-13(10(21-2)6-18-20)12(19-17)11-8(15)4-7(14)5-9(11)16/h4-6,12,19H,3,17H2,1-2H3. The Hall–Kier alpha value is -2.06. The van der Waals surface area contributed by atoms with Gasteiger partial charge in [0.1, 0.15) is 23.1 Å². The molecule has 2 rings (SSSR count). The predicted octanol–water partition coefficient (Wildman–Crippen LogP) is 1.88. The fourth-order valence-electron chi connectivity index (χ4n) is 2.21. The Bertz CT molecular complexity index is 600. The van der Waals surface area contributed by atoms with Crippen LogP contribution < -0.4 is 16.0 Å². The lowest BCUT2D eigenvalue weighted by molar-refractivity contribution is 0.395. The molecule has 0 aliphatic rings. The molecule has 0 aliphatic carbocycles. The van der Waals surface area contributed by atoms with E-state index in [1.54, 1.807) is 6.92 Å². The van der Waals surface area contributed by atoms with Crippen molar-refractivity contribution in [1.82, 2.24) is 15.2 Å². The molecule has 0 aliphatic heterocycles. The van der Waals surface area contributed by atoms with Crippen LogP contribution >= 0.6 is 0 Å². The zero-order valence-corrected chi connectivity index (χ0v) is 11.5. The van der Waals surface area contributed by atoms with Crippen molar-refractivity contribution < 1.29 is 17.9 Å². The highest BCUT2D eigenvalue weighted by Crippen LogP contribution is 2.32. The van der Waals surface area contributed by atoms with Gasteiger partial charge in [-0.25, -0.2) is 18.6 Å². The SMILES string of the molecule is CCn1ncc(OC)c1C(NN)c1c(F)cc(F)cc1F. The number of nitrogens with zero attached hydrogens (tertiary/aromatic N) is 2. The van der Waals surface area contributed by atoms with Gasteiger partial charge in [-0.05, 0) is 6.92 Å². The minimum absolute atomic E-state index is 0.322. The van der Waals surface area contributed by atoms with Crippen molar-refractivity contribution in [2.45, 2.75) is 19.5 Å². The van der Waals surface area contributed by atoms with E-state index < -0.39 is 29.1 Å². The first kappa shape index (κ1) is 15.3. The van der Waals surface area contributed by atoms with Gasteiger partial charge in [0.2, 0.25) is 0 Å². The van der Waals surface area contributed by atoms with Crippen LogP contribution in [0.5, 0.6) is 5.75 Å². The van der Waals surface area contributed by atoms with Crippen molar-refractivity contribution in [3.8, 4) is 5.75 Å². The molecule has 0 radical (unpaired) electrons. The zero-order chi connectivity index (χ0) is 15.6. The number of aryl methyl sites for hydroxylation is 1. The maximum Gasteiger partial charge on any atom is 0.161 e. The summed E-state index contributed by atoms with van der Waals surface area (Å²) in [4.78, 5) is 0. The van der Waals surface area contributed by atoms with Crippen molar-refractivity contribution >= 4 is 0 Å². The quantitative estimate of drug-likeness (QED) is 0.653. The number of nitrogens with one attached hydrogen (secondary N) is 1. The van der Waals surface area contributed by atoms with Gasteiger partial charge in [0.25, 0.3) is 0 Å². The predicted molar refractivity (Wildman–Crippen MR) is 69.9 cm³/mol. The van der Waals surface area contributed by atoms with E-state index in [-0.39, 0.29) is 0 Å². The number of hydrogen-bond donors (Lipinski definition) is 2. The lowest BCUT2D eigenvalue weighted by Crippen LogP contribution is -2.32. The molecule has 0 saturated carbocycles. The maximum absolute atomic E-state index is 14.0. The van der Waals surface area contributed by atoms with Gasteiger partial charge in [0.15, 0.2) is 5.75 Å². The normalized spacial score (nSPS) is 12.5. The molecule has 114 valence electrons. The van der Waals surface area contributed by atoms with E-state index in [2.05, 4.69) is 10.5 Å². The number of ether oxygens (including phenoxy) is 1. The number of rotatable bonds is 5. The molecule has 1 aromatic carbocycles. The molecule has 0 saturated heterocycles. The van der Waals surface area contributed by atoms with Gasteiger partial charge in [-0.1, -0.05) is 0 Å². The minimum atomic E-state index is -1.07. The second-order valence-corrected chi connectivity index (χ2v) is 4.30. The number of hydrogen-bond acceptors (Lipinski definition) is 4. The van der Waals surface area contributed by atoms with Crippen LogP contribution in [0.25, 0.3) is 0 Å². The molecule has 8 heteroatoms. The Kier molecular flexibility index (Phi) is 4.49. The van der Waals surface area contributed by atoms with Crippen LogP contribution in [-0.2, 0) is 6.54 Å². The van der Waals surface area contributed by atoms with Gasteiger partial charge >= 0.3 is 0 Å². The molecule has 21 heavy (non-hydrogen) atoms. The van der Waals surface area contributed by atoms with Crippen molar-refractivity contribution in [3.05, 3.63) is 47.0 Å². The van der Waals surface area contributed by atoms with E-state index in [0.29, 0.717) is 30.1 Å². The molecule has 0 spiro atoms. The highest BCUT2D eigenvalue weighted by atomic mass is 19.1. The van der Waals surface area contributed by atoms with E-state index in [1.165, 1.54) is 18.0 Å². The Labute approximate surface area is 119 Å². The minimum Gasteiger partial charge on any atom is -0.493 e. The molecular weight excluding hydrogens is 285 g/mol. The summed E-state index contributed by atoms with van der Waals surface area (Å²) in [5.41, 5.74) is 2.29. The average Bonchev–Trinajstić information content (AvgIpc) is 2.85. The summed E-state index contributed by atoms with van der Waals surface area (Å²) >= 11 is 0. The topological polar surface area (TPSA) is 65.1 Å². The number of halogens is 3. The van der Waals surface area contributed by atoms with Crippen LogP contribution in [0, 0.1) is 17.5 Å². The summed E-state index contributed by atoms with van der Waals surface area (Å²) in [5.74, 6) is 2.69. The highest BCUT2D eigenvalue weighted by Gasteiger charge is 2.28. The Morgan fingerprint density at radius 3 is 2.43 bits per heavy atom. The zero-order valence-electron chi connectivity index (χ0n) is 11.5. The molecule has 2 aromatic rings. The number of hydrazine groups is 1. The van der Waals surface area contributed by atoms with E-state index in [0.717, 1.165) is 0 Å². The summed E-state index contributed by atoms with van der Waals surface area (Å²) in [7, 11) is 1.41. The molecule has 1 heterocycles. The van der Waals surface area contributed by atoms with E-state index >= 15 is 0 Å². The van der Waals surface area contributed by atoms with Gasteiger partial charge in [-0.15, -0.1) is 0 Å². The number of methoxy groups -OCH3 is 1. The van der Waals surface area contributed by atoms with Crippen LogP contribution in [-0.4, -0.2) is 16.9 Å². The van der Waals surface area contributed by atoms with Gasteiger partial charge in [-0.2, -0.15) is 5.10 Å². The number of aromatic nitrogens is 2. The van der Waals surface area contributed by atoms with Crippen LogP contribution in [0.15, 0.2) is 18.3 Å². The van der Waals surface area contributed by atoms with Gasteiger partial charge in [0, 0.05) is 24.2 Å². The monoisotopic (exact) mass is 300 g/mol. The van der Waals surface area contributed by atoms with Crippen LogP contribution in [0.4, 0.5) is 13.2 Å². The Balaban J connectivity index is 2.63. The van der Waals surface area contributed by atoms with Crippen molar-refractivity contribution in [3.63, 3.8) is 0 Å². The van der Waals surface area contributed by atoms with Crippen LogP contribution in [0.3, 0.4) is 0 Å². The molecule has 1 unspecified atom stereocenters. The number of benzene rings is 1. The first-order valence-electron chi connectivity index (χ1n) is 6.23. The smallest absolute Gasteiger partial charge is 0.161 e. The summed E-state index contributed by atoms with van der Waals surface area (Å²) in [6.07, 6.45) is 1.42. The second kappa shape index (κ2) is 6.15. The van der Waals surface area contributed by atoms with Crippen molar-refractivity contribution in [1.29, 1.82) is 0 Å². The van der Waals surface area contributed by atoms with E-state index in [4.69, 9.17) is 10.6 Å². The average molecular weight is 300 g/mol. The molecule has 3 N–H and O–H groups in total.